The topological polar surface area (TPSA) is 80.4 Å². The van der Waals surface area contributed by atoms with Crippen LogP contribution in [-0.2, 0) is 11.2 Å². The first-order valence-corrected chi connectivity index (χ1v) is 5.78. The Hall–Kier alpha value is -1.62. The third-order valence-corrected chi connectivity index (χ3v) is 2.82. The van der Waals surface area contributed by atoms with Crippen molar-refractivity contribution in [3.8, 4) is 0 Å². The van der Waals surface area contributed by atoms with E-state index in [-0.39, 0.29) is 47.4 Å². The first-order chi connectivity index (χ1) is 9.09. The van der Waals surface area contributed by atoms with Crippen LogP contribution in [0.2, 0.25) is 0 Å². The number of nitrogen functional groups attached to an aromatic ring is 1. The molecule has 0 atom stereocenters. The normalized spacial score (nSPS) is 9.60. The Bertz CT molecular complexity index is 626. The molecule has 20 heavy (non-hydrogen) atoms. The Labute approximate surface area is 138 Å². The van der Waals surface area contributed by atoms with E-state index in [1.165, 1.54) is 0 Å². The molecule has 0 aliphatic carbocycles. The molecule has 0 saturated heterocycles. The maximum absolute atomic E-state index is 12.3. The van der Waals surface area contributed by atoms with Crippen LogP contribution in [0, 0.1) is 0 Å². The van der Waals surface area contributed by atoms with E-state index < -0.39 is 5.97 Å². The summed E-state index contributed by atoms with van der Waals surface area (Å²) in [4.78, 5) is 23.0. The van der Waals surface area contributed by atoms with Gasteiger partial charge in [0.25, 0.3) is 0 Å². The van der Waals surface area contributed by atoms with Crippen LogP contribution in [-0.4, -0.2) is 46.4 Å². The number of carboxylic acids is 1. The molecule has 0 saturated carbocycles. The van der Waals surface area contributed by atoms with Gasteiger partial charge >= 0.3 is 35.5 Å². The zero-order valence-electron chi connectivity index (χ0n) is 10.2. The minimum absolute atomic E-state index is 0. The number of rotatable bonds is 4. The number of para-hydroxylation sites is 1. The van der Waals surface area contributed by atoms with Gasteiger partial charge in [-0.15, -0.1) is 0 Å². The summed E-state index contributed by atoms with van der Waals surface area (Å²) in [5.74, 6) is -1.18. The quantitative estimate of drug-likeness (QED) is 0.504. The summed E-state index contributed by atoms with van der Waals surface area (Å²) in [6, 6.07) is 13.6. The van der Waals surface area contributed by atoms with Gasteiger partial charge < -0.3 is 10.8 Å². The second-order valence-corrected chi connectivity index (χ2v) is 4.14. The van der Waals surface area contributed by atoms with Crippen molar-refractivity contribution in [1.82, 2.24) is 0 Å². The molecule has 0 aliphatic rings. The molecule has 2 aromatic rings. The molecule has 3 N–H and O–H groups in total. The van der Waals surface area contributed by atoms with Crippen LogP contribution < -0.4 is 5.73 Å². The Morgan fingerprint density at radius 1 is 1.00 bits per heavy atom. The van der Waals surface area contributed by atoms with Crippen LogP contribution in [0.5, 0.6) is 0 Å². The van der Waals surface area contributed by atoms with Crippen molar-refractivity contribution in [2.45, 2.75) is 6.42 Å². The average molecular weight is 279 g/mol. The third kappa shape index (κ3) is 3.70. The first-order valence-electron chi connectivity index (χ1n) is 5.78. The third-order valence-electron chi connectivity index (χ3n) is 2.82. The van der Waals surface area contributed by atoms with Crippen LogP contribution in [0.1, 0.15) is 21.5 Å². The number of carbonyl (C=O) groups excluding carboxylic acids is 1. The van der Waals surface area contributed by atoms with Gasteiger partial charge in [-0.3, -0.25) is 9.59 Å². The Morgan fingerprint density at radius 3 is 2.25 bits per heavy atom. The standard InChI is InChI=1S/C15H13NO3.Na.H/c16-14-11(9-13(17)18)7-4-8-12(14)15(19)10-5-2-1-3-6-10;;/h1-8H,9,16H2,(H,17,18);;. The summed E-state index contributed by atoms with van der Waals surface area (Å²) < 4.78 is 0. The number of hydrogen-bond donors (Lipinski definition) is 2. The summed E-state index contributed by atoms with van der Waals surface area (Å²) in [7, 11) is 0. The molecule has 0 spiro atoms. The molecule has 0 bridgehead atoms. The SMILES string of the molecule is Nc1c(CC(=O)O)cccc1C(=O)c1ccccc1.[NaH]. The number of carbonyl (C=O) groups is 2. The van der Waals surface area contributed by atoms with Crippen LogP contribution in [0.15, 0.2) is 48.5 Å². The predicted molar refractivity (Wildman–Crippen MR) is 79.2 cm³/mol. The molecule has 0 fully saturated rings. The van der Waals surface area contributed by atoms with Crippen LogP contribution in [0.4, 0.5) is 5.69 Å². The van der Waals surface area contributed by atoms with Gasteiger partial charge in [0.05, 0.1) is 6.42 Å². The van der Waals surface area contributed by atoms with E-state index >= 15 is 0 Å². The molecule has 0 aliphatic heterocycles. The molecular formula is C15H14NNaO3. The minimum atomic E-state index is -0.976. The van der Waals surface area contributed by atoms with Crippen molar-refractivity contribution < 1.29 is 14.7 Å². The molecule has 0 heterocycles. The second kappa shape index (κ2) is 7.24. The number of carboxylic acid groups (broad SMARTS) is 1. The summed E-state index contributed by atoms with van der Waals surface area (Å²) in [6.07, 6.45) is -0.193. The molecule has 5 heteroatoms. The number of nitrogens with two attached hydrogens (primary N) is 1. The fourth-order valence-corrected chi connectivity index (χ4v) is 1.87. The van der Waals surface area contributed by atoms with E-state index in [4.69, 9.17) is 10.8 Å². The summed E-state index contributed by atoms with van der Waals surface area (Å²) in [5.41, 5.74) is 7.44. The number of ketones is 1. The monoisotopic (exact) mass is 279 g/mol. The van der Waals surface area contributed by atoms with Crippen molar-refractivity contribution >= 4 is 47.0 Å². The zero-order valence-corrected chi connectivity index (χ0v) is 10.2. The molecule has 4 nitrogen and oxygen atoms in total. The van der Waals surface area contributed by atoms with Gasteiger partial charge in [-0.05, 0) is 11.6 Å². The zero-order chi connectivity index (χ0) is 13.8. The molecule has 0 unspecified atom stereocenters. The van der Waals surface area contributed by atoms with Gasteiger partial charge in [-0.1, -0.05) is 42.5 Å². The molecular weight excluding hydrogens is 265 g/mol. The maximum atomic E-state index is 12.3. The van der Waals surface area contributed by atoms with E-state index in [2.05, 4.69) is 0 Å². The molecule has 2 rings (SSSR count). The van der Waals surface area contributed by atoms with Crippen molar-refractivity contribution in [2.75, 3.05) is 5.73 Å². The molecule has 98 valence electrons. The van der Waals surface area contributed by atoms with Gasteiger partial charge in [0.1, 0.15) is 0 Å². The molecule has 0 radical (unpaired) electrons. The molecule has 2 aromatic carbocycles. The van der Waals surface area contributed by atoms with Crippen LogP contribution >= 0.6 is 0 Å². The molecule has 0 amide bonds. The predicted octanol–water partition coefficient (Wildman–Crippen LogP) is 1.48. The van der Waals surface area contributed by atoms with E-state index in [1.54, 1.807) is 42.5 Å². The summed E-state index contributed by atoms with van der Waals surface area (Å²) in [5, 5.41) is 8.80. The fraction of sp³-hybridized carbons (Fsp3) is 0.0667. The Balaban J connectivity index is 0.00000200. The van der Waals surface area contributed by atoms with Crippen molar-refractivity contribution in [3.05, 3.63) is 65.2 Å². The Morgan fingerprint density at radius 2 is 1.65 bits per heavy atom. The van der Waals surface area contributed by atoms with Crippen molar-refractivity contribution in [3.63, 3.8) is 0 Å². The number of benzene rings is 2. The van der Waals surface area contributed by atoms with E-state index in [9.17, 15) is 9.59 Å². The second-order valence-electron chi connectivity index (χ2n) is 4.14. The van der Waals surface area contributed by atoms with E-state index in [1.807, 2.05) is 6.07 Å². The number of hydrogen-bond acceptors (Lipinski definition) is 3. The fourth-order valence-electron chi connectivity index (χ4n) is 1.87. The first kappa shape index (κ1) is 16.4. The van der Waals surface area contributed by atoms with Crippen LogP contribution in [0.3, 0.4) is 0 Å². The number of anilines is 1. The summed E-state index contributed by atoms with van der Waals surface area (Å²) in [6.45, 7) is 0. The van der Waals surface area contributed by atoms with Crippen molar-refractivity contribution in [2.24, 2.45) is 0 Å². The van der Waals surface area contributed by atoms with Gasteiger partial charge in [0.2, 0.25) is 0 Å². The Kier molecular flexibility index (Phi) is 5.95. The number of aliphatic carboxylic acids is 1. The van der Waals surface area contributed by atoms with Crippen molar-refractivity contribution in [1.29, 1.82) is 0 Å². The van der Waals surface area contributed by atoms with E-state index in [0.717, 1.165) is 0 Å². The van der Waals surface area contributed by atoms with Gasteiger partial charge in [0.15, 0.2) is 5.78 Å². The van der Waals surface area contributed by atoms with Gasteiger partial charge in [0, 0.05) is 16.8 Å². The van der Waals surface area contributed by atoms with Crippen LogP contribution in [0.25, 0.3) is 0 Å². The average Bonchev–Trinajstić information content (AvgIpc) is 2.41. The molecule has 0 aromatic heterocycles. The van der Waals surface area contributed by atoms with Gasteiger partial charge in [-0.25, -0.2) is 0 Å². The van der Waals surface area contributed by atoms with Gasteiger partial charge in [-0.2, -0.15) is 0 Å². The summed E-state index contributed by atoms with van der Waals surface area (Å²) >= 11 is 0. The van der Waals surface area contributed by atoms with E-state index in [0.29, 0.717) is 16.7 Å².